The van der Waals surface area contributed by atoms with Crippen molar-refractivity contribution in [3.63, 3.8) is 0 Å². The van der Waals surface area contributed by atoms with E-state index in [2.05, 4.69) is 10.0 Å². The molecule has 31 heavy (non-hydrogen) atoms. The molecule has 0 spiro atoms. The second kappa shape index (κ2) is 9.49. The minimum absolute atomic E-state index is 0.00666. The average Bonchev–Trinajstić information content (AvgIpc) is 3.07. The number of amides is 2. The van der Waals surface area contributed by atoms with Gasteiger partial charge in [-0.25, -0.2) is 13.1 Å². The Labute approximate surface area is 182 Å². The number of hydrogen-bond acceptors (Lipinski definition) is 5. The molecule has 0 saturated carbocycles. The Hall–Kier alpha value is -2.91. The van der Waals surface area contributed by atoms with Gasteiger partial charge in [0.05, 0.1) is 12.0 Å². The van der Waals surface area contributed by atoms with Crippen LogP contribution in [0.15, 0.2) is 47.4 Å². The molecule has 0 bridgehead atoms. The first kappa shape index (κ1) is 22.8. The molecular formula is C22H27N3O5S. The van der Waals surface area contributed by atoms with Crippen molar-refractivity contribution >= 4 is 27.5 Å². The number of nitrogens with zero attached hydrogens (tertiary/aromatic N) is 1. The third-order valence-corrected chi connectivity index (χ3v) is 6.67. The second-order valence-corrected chi connectivity index (χ2v) is 9.27. The van der Waals surface area contributed by atoms with E-state index in [0.717, 1.165) is 22.6 Å². The van der Waals surface area contributed by atoms with Crippen LogP contribution in [0.1, 0.15) is 31.4 Å². The van der Waals surface area contributed by atoms with Crippen molar-refractivity contribution in [3.8, 4) is 5.75 Å². The van der Waals surface area contributed by atoms with Crippen LogP contribution in [-0.2, 0) is 32.6 Å². The first-order chi connectivity index (χ1) is 14.7. The molecule has 2 aromatic carbocycles. The van der Waals surface area contributed by atoms with Gasteiger partial charge in [-0.2, -0.15) is 0 Å². The Morgan fingerprint density at radius 2 is 1.87 bits per heavy atom. The van der Waals surface area contributed by atoms with Gasteiger partial charge in [-0.15, -0.1) is 0 Å². The summed E-state index contributed by atoms with van der Waals surface area (Å²) in [6.45, 7) is 3.77. The number of sulfonamides is 1. The summed E-state index contributed by atoms with van der Waals surface area (Å²) in [5, 5.41) is 2.76. The molecule has 1 heterocycles. The van der Waals surface area contributed by atoms with Gasteiger partial charge in [0.25, 0.3) is 0 Å². The lowest BCUT2D eigenvalue weighted by Crippen LogP contribution is -2.33. The van der Waals surface area contributed by atoms with E-state index in [1.165, 1.54) is 13.0 Å². The van der Waals surface area contributed by atoms with E-state index in [9.17, 15) is 18.0 Å². The molecule has 166 valence electrons. The molecule has 1 aliphatic heterocycles. The average molecular weight is 446 g/mol. The number of nitrogens with one attached hydrogen (secondary N) is 2. The molecule has 0 radical (unpaired) electrons. The molecule has 1 unspecified atom stereocenters. The van der Waals surface area contributed by atoms with Crippen LogP contribution in [0.2, 0.25) is 0 Å². The number of hydrogen-bond donors (Lipinski definition) is 2. The van der Waals surface area contributed by atoms with Gasteiger partial charge in [0.1, 0.15) is 5.75 Å². The summed E-state index contributed by atoms with van der Waals surface area (Å²) in [5.74, 6) is 0.415. The van der Waals surface area contributed by atoms with E-state index in [1.807, 2.05) is 31.2 Å². The predicted octanol–water partition coefficient (Wildman–Crippen LogP) is 1.98. The zero-order valence-corrected chi connectivity index (χ0v) is 18.7. The van der Waals surface area contributed by atoms with Crippen LogP contribution in [0, 0.1) is 0 Å². The van der Waals surface area contributed by atoms with Gasteiger partial charge >= 0.3 is 0 Å². The fourth-order valence-electron chi connectivity index (χ4n) is 3.67. The van der Waals surface area contributed by atoms with E-state index in [0.29, 0.717) is 13.0 Å². The largest absolute Gasteiger partial charge is 0.497 e. The van der Waals surface area contributed by atoms with Gasteiger partial charge in [0, 0.05) is 38.2 Å². The minimum atomic E-state index is -3.75. The molecular weight excluding hydrogens is 418 g/mol. The van der Waals surface area contributed by atoms with Crippen molar-refractivity contribution in [2.24, 2.45) is 0 Å². The number of fused-ring (bicyclic) bond motifs is 1. The Kier molecular flexibility index (Phi) is 6.97. The van der Waals surface area contributed by atoms with Crippen LogP contribution in [-0.4, -0.2) is 39.9 Å². The minimum Gasteiger partial charge on any atom is -0.497 e. The Bertz CT molecular complexity index is 1070. The lowest BCUT2D eigenvalue weighted by atomic mass is 10.1. The third-order valence-electron chi connectivity index (χ3n) is 5.21. The monoisotopic (exact) mass is 445 g/mol. The maximum absolute atomic E-state index is 12.6. The van der Waals surface area contributed by atoms with Gasteiger partial charge in [0.15, 0.2) is 0 Å². The molecule has 2 amide bonds. The van der Waals surface area contributed by atoms with Gasteiger partial charge in [-0.3, -0.25) is 9.59 Å². The molecule has 3 rings (SSSR count). The summed E-state index contributed by atoms with van der Waals surface area (Å²) in [7, 11) is -2.17. The smallest absolute Gasteiger partial charge is 0.240 e. The third kappa shape index (κ3) is 5.42. The first-order valence-corrected chi connectivity index (χ1v) is 11.5. The highest BCUT2D eigenvalue weighted by molar-refractivity contribution is 7.89. The Morgan fingerprint density at radius 3 is 2.52 bits per heavy atom. The van der Waals surface area contributed by atoms with Crippen LogP contribution in [0.3, 0.4) is 0 Å². The first-order valence-electron chi connectivity index (χ1n) is 10.0. The van der Waals surface area contributed by atoms with Gasteiger partial charge in [-0.05, 0) is 54.8 Å². The van der Waals surface area contributed by atoms with Gasteiger partial charge in [-0.1, -0.05) is 12.1 Å². The fourth-order valence-corrected chi connectivity index (χ4v) is 4.75. The number of ether oxygens (including phenoxy) is 1. The Balaban J connectivity index is 1.52. The van der Waals surface area contributed by atoms with Crippen molar-refractivity contribution in [1.82, 2.24) is 10.0 Å². The highest BCUT2D eigenvalue weighted by Gasteiger charge is 2.30. The van der Waals surface area contributed by atoms with Crippen LogP contribution >= 0.6 is 0 Å². The van der Waals surface area contributed by atoms with Crippen molar-refractivity contribution in [2.45, 2.75) is 44.2 Å². The summed E-state index contributed by atoms with van der Waals surface area (Å²) in [6.07, 6.45) is 0.627. The molecule has 9 heteroatoms. The van der Waals surface area contributed by atoms with Crippen molar-refractivity contribution in [2.75, 3.05) is 18.6 Å². The molecule has 1 aliphatic rings. The second-order valence-electron chi connectivity index (χ2n) is 7.51. The topological polar surface area (TPSA) is 105 Å². The molecule has 2 N–H and O–H groups in total. The molecule has 0 aliphatic carbocycles. The lowest BCUT2D eigenvalue weighted by molar-refractivity contribution is -0.121. The van der Waals surface area contributed by atoms with Crippen LogP contribution in [0.5, 0.6) is 5.75 Å². The normalized spacial score (nSPS) is 15.5. The standard InChI is InChI=1S/C22H27N3O5S/c1-15-12-18-13-20(8-9-21(18)25(15)16(2)26)31(28,29)24-11-10-22(27)23-14-17-4-6-19(30-3)7-5-17/h4-9,13,15,24H,10-12,14H2,1-3H3,(H,23,27). The summed E-state index contributed by atoms with van der Waals surface area (Å²) in [4.78, 5) is 25.7. The number of rotatable bonds is 8. The van der Waals surface area contributed by atoms with Gasteiger partial charge in [0.2, 0.25) is 21.8 Å². The highest BCUT2D eigenvalue weighted by atomic mass is 32.2. The zero-order chi connectivity index (χ0) is 22.6. The summed E-state index contributed by atoms with van der Waals surface area (Å²) >= 11 is 0. The molecule has 1 atom stereocenters. The summed E-state index contributed by atoms with van der Waals surface area (Å²) in [6, 6.07) is 12.1. The molecule has 0 fully saturated rings. The molecule has 0 aromatic heterocycles. The van der Waals surface area contributed by atoms with Crippen LogP contribution in [0.4, 0.5) is 5.69 Å². The number of methoxy groups -OCH3 is 1. The summed E-state index contributed by atoms with van der Waals surface area (Å²) in [5.41, 5.74) is 2.49. The fraction of sp³-hybridized carbons (Fsp3) is 0.364. The maximum atomic E-state index is 12.6. The number of benzene rings is 2. The highest BCUT2D eigenvalue weighted by Crippen LogP contribution is 2.33. The lowest BCUT2D eigenvalue weighted by Gasteiger charge is -2.20. The quantitative estimate of drug-likeness (QED) is 0.647. The molecule has 8 nitrogen and oxygen atoms in total. The number of carbonyl (C=O) groups is 2. The zero-order valence-electron chi connectivity index (χ0n) is 17.8. The van der Waals surface area contributed by atoms with E-state index in [-0.39, 0.29) is 35.7 Å². The SMILES string of the molecule is COc1ccc(CNC(=O)CCNS(=O)(=O)c2ccc3c(c2)CC(C)N3C(C)=O)cc1. The number of anilines is 1. The predicted molar refractivity (Wildman–Crippen MR) is 117 cm³/mol. The van der Waals surface area contributed by atoms with E-state index >= 15 is 0 Å². The maximum Gasteiger partial charge on any atom is 0.240 e. The number of carbonyl (C=O) groups excluding carboxylic acids is 2. The van der Waals surface area contributed by atoms with Crippen molar-refractivity contribution in [3.05, 3.63) is 53.6 Å². The van der Waals surface area contributed by atoms with Gasteiger partial charge < -0.3 is 15.0 Å². The Morgan fingerprint density at radius 1 is 1.16 bits per heavy atom. The molecule has 0 saturated heterocycles. The molecule has 2 aromatic rings. The van der Waals surface area contributed by atoms with Crippen LogP contribution in [0.25, 0.3) is 0 Å². The van der Waals surface area contributed by atoms with E-state index in [1.54, 1.807) is 24.1 Å². The van der Waals surface area contributed by atoms with E-state index in [4.69, 9.17) is 4.74 Å². The van der Waals surface area contributed by atoms with E-state index < -0.39 is 10.0 Å². The van der Waals surface area contributed by atoms with Crippen LogP contribution < -0.4 is 19.7 Å². The van der Waals surface area contributed by atoms with Crippen molar-refractivity contribution < 1.29 is 22.7 Å². The summed E-state index contributed by atoms with van der Waals surface area (Å²) < 4.78 is 32.8. The van der Waals surface area contributed by atoms with Crippen molar-refractivity contribution in [1.29, 1.82) is 0 Å².